The van der Waals surface area contributed by atoms with Gasteiger partial charge in [0, 0.05) is 13.1 Å². The van der Waals surface area contributed by atoms with Gasteiger partial charge < -0.3 is 10.6 Å². The third-order valence-corrected chi connectivity index (χ3v) is 2.73. The van der Waals surface area contributed by atoms with Crippen molar-refractivity contribution >= 4 is 6.03 Å². The Morgan fingerprint density at radius 3 is 2.38 bits per heavy atom. The molecule has 0 radical (unpaired) electrons. The van der Waals surface area contributed by atoms with Gasteiger partial charge in [-0.3, -0.25) is 0 Å². The smallest absolute Gasteiger partial charge is 0.314 e. The van der Waals surface area contributed by atoms with E-state index in [0.29, 0.717) is 0 Å². The molecule has 0 unspecified atom stereocenters. The standard InChI is InChI=1S/C10H20N2O/c1-8(2)7-9-3-5-12(6-4-9)10(11)13/h8-9H,3-7H2,1-2H3,(H2,11,13). The van der Waals surface area contributed by atoms with Crippen molar-refractivity contribution in [3.8, 4) is 0 Å². The van der Waals surface area contributed by atoms with E-state index in [1.165, 1.54) is 6.42 Å². The number of carbonyl (C=O) groups is 1. The summed E-state index contributed by atoms with van der Waals surface area (Å²) in [5.74, 6) is 1.57. The Bertz CT molecular complexity index is 172. The van der Waals surface area contributed by atoms with E-state index in [1.807, 2.05) is 0 Å². The summed E-state index contributed by atoms with van der Waals surface area (Å²) in [5, 5.41) is 0. The molecule has 2 amide bonds. The third kappa shape index (κ3) is 3.25. The van der Waals surface area contributed by atoms with Gasteiger partial charge in [0.2, 0.25) is 0 Å². The number of primary amides is 1. The van der Waals surface area contributed by atoms with Gasteiger partial charge in [-0.1, -0.05) is 13.8 Å². The lowest BCUT2D eigenvalue weighted by atomic mass is 9.89. The van der Waals surface area contributed by atoms with Crippen molar-refractivity contribution in [3.63, 3.8) is 0 Å². The second-order valence-electron chi connectivity index (χ2n) is 4.40. The molecule has 1 heterocycles. The lowest BCUT2D eigenvalue weighted by molar-refractivity contribution is 0.172. The largest absolute Gasteiger partial charge is 0.351 e. The number of nitrogens with two attached hydrogens (primary N) is 1. The average molecular weight is 184 g/mol. The highest BCUT2D eigenvalue weighted by Gasteiger charge is 2.21. The summed E-state index contributed by atoms with van der Waals surface area (Å²) in [7, 11) is 0. The zero-order chi connectivity index (χ0) is 9.84. The van der Waals surface area contributed by atoms with Crippen molar-refractivity contribution in [3.05, 3.63) is 0 Å². The van der Waals surface area contributed by atoms with Crippen molar-refractivity contribution < 1.29 is 4.79 Å². The number of piperidine rings is 1. The van der Waals surface area contributed by atoms with Crippen molar-refractivity contribution in [2.45, 2.75) is 33.1 Å². The highest BCUT2D eigenvalue weighted by molar-refractivity contribution is 5.72. The van der Waals surface area contributed by atoms with E-state index in [-0.39, 0.29) is 6.03 Å². The second-order valence-corrected chi connectivity index (χ2v) is 4.40. The normalized spacial score (nSPS) is 19.5. The van der Waals surface area contributed by atoms with E-state index in [0.717, 1.165) is 37.8 Å². The molecular weight excluding hydrogens is 164 g/mol. The molecule has 1 fully saturated rings. The van der Waals surface area contributed by atoms with Gasteiger partial charge in [-0.2, -0.15) is 0 Å². The topological polar surface area (TPSA) is 46.3 Å². The van der Waals surface area contributed by atoms with Gasteiger partial charge in [0.1, 0.15) is 0 Å². The number of amides is 2. The fourth-order valence-corrected chi connectivity index (χ4v) is 2.06. The minimum atomic E-state index is -0.261. The van der Waals surface area contributed by atoms with Crippen LogP contribution < -0.4 is 5.73 Å². The third-order valence-electron chi connectivity index (χ3n) is 2.73. The molecule has 0 aliphatic carbocycles. The number of nitrogens with zero attached hydrogens (tertiary/aromatic N) is 1. The van der Waals surface area contributed by atoms with Crippen LogP contribution in [0.15, 0.2) is 0 Å². The first-order valence-corrected chi connectivity index (χ1v) is 5.14. The number of likely N-dealkylation sites (tertiary alicyclic amines) is 1. The average Bonchev–Trinajstić information content (AvgIpc) is 2.04. The summed E-state index contributed by atoms with van der Waals surface area (Å²) in [5.41, 5.74) is 5.20. The van der Waals surface area contributed by atoms with Crippen LogP contribution in [0, 0.1) is 11.8 Å². The zero-order valence-corrected chi connectivity index (χ0v) is 8.62. The first-order valence-electron chi connectivity index (χ1n) is 5.14. The lowest BCUT2D eigenvalue weighted by Gasteiger charge is -2.31. The predicted molar refractivity (Wildman–Crippen MR) is 53.3 cm³/mol. The first-order chi connectivity index (χ1) is 6.09. The molecule has 1 saturated heterocycles. The molecule has 3 nitrogen and oxygen atoms in total. The molecule has 0 aromatic heterocycles. The van der Waals surface area contributed by atoms with Crippen LogP contribution in [0.4, 0.5) is 4.79 Å². The molecule has 1 aliphatic rings. The summed E-state index contributed by atoms with van der Waals surface area (Å²) in [4.78, 5) is 12.6. The number of hydrogen-bond acceptors (Lipinski definition) is 1. The van der Waals surface area contributed by atoms with Gasteiger partial charge in [0.15, 0.2) is 0 Å². The number of rotatable bonds is 2. The molecule has 0 bridgehead atoms. The maximum absolute atomic E-state index is 10.8. The van der Waals surface area contributed by atoms with Crippen LogP contribution in [-0.4, -0.2) is 24.0 Å². The van der Waals surface area contributed by atoms with Gasteiger partial charge in [0.25, 0.3) is 0 Å². The molecule has 76 valence electrons. The van der Waals surface area contributed by atoms with E-state index in [2.05, 4.69) is 13.8 Å². The summed E-state index contributed by atoms with van der Waals surface area (Å²) in [6, 6.07) is -0.261. The van der Waals surface area contributed by atoms with E-state index >= 15 is 0 Å². The lowest BCUT2D eigenvalue weighted by Crippen LogP contribution is -2.41. The molecule has 0 aromatic carbocycles. The minimum Gasteiger partial charge on any atom is -0.351 e. The van der Waals surface area contributed by atoms with Crippen LogP contribution in [0.3, 0.4) is 0 Å². The Kier molecular flexibility index (Phi) is 3.58. The van der Waals surface area contributed by atoms with Crippen molar-refractivity contribution in [2.75, 3.05) is 13.1 Å². The van der Waals surface area contributed by atoms with Crippen LogP contribution in [0.2, 0.25) is 0 Å². The van der Waals surface area contributed by atoms with Crippen LogP contribution in [0.25, 0.3) is 0 Å². The van der Waals surface area contributed by atoms with Gasteiger partial charge in [-0.05, 0) is 31.1 Å². The molecule has 0 atom stereocenters. The predicted octanol–water partition coefficient (Wildman–Crippen LogP) is 1.82. The molecule has 0 spiro atoms. The fraction of sp³-hybridized carbons (Fsp3) is 0.900. The number of hydrogen-bond donors (Lipinski definition) is 1. The van der Waals surface area contributed by atoms with Crippen LogP contribution in [0.1, 0.15) is 33.1 Å². The number of carbonyl (C=O) groups excluding carboxylic acids is 1. The Balaban J connectivity index is 2.26. The highest BCUT2D eigenvalue weighted by atomic mass is 16.2. The van der Waals surface area contributed by atoms with E-state index < -0.39 is 0 Å². The zero-order valence-electron chi connectivity index (χ0n) is 8.62. The first kappa shape index (κ1) is 10.4. The van der Waals surface area contributed by atoms with Gasteiger partial charge in [0.05, 0.1) is 0 Å². The molecule has 2 N–H and O–H groups in total. The van der Waals surface area contributed by atoms with Gasteiger partial charge >= 0.3 is 6.03 Å². The highest BCUT2D eigenvalue weighted by Crippen LogP contribution is 2.23. The molecule has 1 rings (SSSR count). The van der Waals surface area contributed by atoms with Crippen molar-refractivity contribution in [2.24, 2.45) is 17.6 Å². The van der Waals surface area contributed by atoms with Crippen LogP contribution >= 0.6 is 0 Å². The molecule has 0 saturated carbocycles. The monoisotopic (exact) mass is 184 g/mol. The SMILES string of the molecule is CC(C)CC1CCN(C(N)=O)CC1. The van der Waals surface area contributed by atoms with Gasteiger partial charge in [-0.25, -0.2) is 4.79 Å². The minimum absolute atomic E-state index is 0.261. The summed E-state index contributed by atoms with van der Waals surface area (Å²) in [6.07, 6.45) is 3.54. The van der Waals surface area contributed by atoms with Gasteiger partial charge in [-0.15, -0.1) is 0 Å². The van der Waals surface area contributed by atoms with Crippen molar-refractivity contribution in [1.82, 2.24) is 4.90 Å². The Morgan fingerprint density at radius 2 is 2.00 bits per heavy atom. The molecular formula is C10H20N2O. The summed E-state index contributed by atoms with van der Waals surface area (Å²) < 4.78 is 0. The number of urea groups is 1. The Morgan fingerprint density at radius 1 is 1.46 bits per heavy atom. The maximum Gasteiger partial charge on any atom is 0.314 e. The van der Waals surface area contributed by atoms with E-state index in [9.17, 15) is 4.79 Å². The maximum atomic E-state index is 10.8. The molecule has 3 heteroatoms. The van der Waals surface area contributed by atoms with E-state index in [1.54, 1.807) is 4.90 Å². The van der Waals surface area contributed by atoms with Crippen molar-refractivity contribution in [1.29, 1.82) is 0 Å². The quantitative estimate of drug-likeness (QED) is 0.699. The second kappa shape index (κ2) is 4.49. The Hall–Kier alpha value is -0.730. The fourth-order valence-electron chi connectivity index (χ4n) is 2.06. The van der Waals surface area contributed by atoms with Crippen LogP contribution in [0.5, 0.6) is 0 Å². The molecule has 0 aromatic rings. The summed E-state index contributed by atoms with van der Waals surface area (Å²) in [6.45, 7) is 6.21. The van der Waals surface area contributed by atoms with Crippen LogP contribution in [-0.2, 0) is 0 Å². The molecule has 1 aliphatic heterocycles. The van der Waals surface area contributed by atoms with E-state index in [4.69, 9.17) is 5.73 Å². The summed E-state index contributed by atoms with van der Waals surface area (Å²) >= 11 is 0. The molecule has 13 heavy (non-hydrogen) atoms. The Labute approximate surface area is 80.3 Å².